The summed E-state index contributed by atoms with van der Waals surface area (Å²) in [7, 11) is 0. The van der Waals surface area contributed by atoms with Gasteiger partial charge in [-0.3, -0.25) is 4.79 Å². The molecule has 10 heavy (non-hydrogen) atoms. The Balaban J connectivity index is 2.01. The van der Waals surface area contributed by atoms with Crippen LogP contribution in [0.4, 0.5) is 0 Å². The van der Waals surface area contributed by atoms with Gasteiger partial charge >= 0.3 is 5.97 Å². The van der Waals surface area contributed by atoms with E-state index in [1.54, 1.807) is 0 Å². The Bertz CT molecular complexity index is 163. The summed E-state index contributed by atoms with van der Waals surface area (Å²) in [5, 5.41) is 9.14. The van der Waals surface area contributed by atoms with E-state index in [4.69, 9.17) is 14.6 Å². The molecule has 2 aliphatic heterocycles. The molecule has 4 heteroatoms. The lowest BCUT2D eigenvalue weighted by Gasteiger charge is -2.07. The first-order valence-electron chi connectivity index (χ1n) is 3.26. The van der Waals surface area contributed by atoms with Gasteiger partial charge in [-0.15, -0.1) is 0 Å². The van der Waals surface area contributed by atoms with E-state index in [-0.39, 0.29) is 18.5 Å². The van der Waals surface area contributed by atoms with E-state index in [2.05, 4.69) is 0 Å². The van der Waals surface area contributed by atoms with Crippen LogP contribution in [0.3, 0.4) is 0 Å². The molecule has 3 atom stereocenters. The first kappa shape index (κ1) is 6.12. The van der Waals surface area contributed by atoms with Crippen molar-refractivity contribution in [2.75, 3.05) is 6.61 Å². The highest BCUT2D eigenvalue weighted by atomic mass is 16.6. The number of carbonyl (C=O) groups excluding carboxylic acids is 1. The smallest absolute Gasteiger partial charge is 0.309 e. The van der Waals surface area contributed by atoms with Crippen LogP contribution in [0.15, 0.2) is 0 Å². The molecule has 0 bridgehead atoms. The van der Waals surface area contributed by atoms with Gasteiger partial charge < -0.3 is 14.6 Å². The molecule has 0 spiro atoms. The summed E-state index contributed by atoms with van der Waals surface area (Å²) in [6, 6.07) is 0. The highest BCUT2D eigenvalue weighted by Crippen LogP contribution is 2.26. The van der Waals surface area contributed by atoms with E-state index in [1.165, 1.54) is 0 Å². The molecular formula is C6H8O4. The van der Waals surface area contributed by atoms with Crippen molar-refractivity contribution >= 4 is 5.97 Å². The Hall–Kier alpha value is -0.610. The fourth-order valence-corrected chi connectivity index (χ4v) is 1.13. The normalized spacial score (nSPS) is 45.3. The van der Waals surface area contributed by atoms with Gasteiger partial charge in [0.2, 0.25) is 0 Å². The second-order valence-corrected chi connectivity index (χ2v) is 2.60. The zero-order valence-electron chi connectivity index (χ0n) is 5.32. The van der Waals surface area contributed by atoms with Crippen molar-refractivity contribution < 1.29 is 19.4 Å². The lowest BCUT2D eigenvalue weighted by Crippen LogP contribution is -2.26. The van der Waals surface area contributed by atoms with Crippen LogP contribution in [-0.2, 0) is 14.3 Å². The second-order valence-electron chi connectivity index (χ2n) is 2.60. The van der Waals surface area contributed by atoms with E-state index in [0.717, 1.165) is 0 Å². The van der Waals surface area contributed by atoms with Crippen molar-refractivity contribution in [3.05, 3.63) is 0 Å². The predicted octanol–water partition coefficient (Wildman–Crippen LogP) is -0.938. The number of cyclic esters (lactones) is 1. The summed E-state index contributed by atoms with van der Waals surface area (Å²) in [5.74, 6) is -0.326. The molecule has 0 radical (unpaired) electrons. The summed E-state index contributed by atoms with van der Waals surface area (Å²) < 4.78 is 9.66. The molecule has 2 heterocycles. The first-order chi connectivity index (χ1) is 4.77. The number of hydrogen-bond donors (Lipinski definition) is 1. The summed E-state index contributed by atoms with van der Waals surface area (Å²) in [5.41, 5.74) is 0. The minimum absolute atomic E-state index is 0.0403. The van der Waals surface area contributed by atoms with Crippen molar-refractivity contribution in [1.82, 2.24) is 0 Å². The quantitative estimate of drug-likeness (QED) is 0.381. The average Bonchev–Trinajstić information content (AvgIpc) is 2.61. The zero-order chi connectivity index (χ0) is 7.14. The standard InChI is InChI=1S/C6H8O4/c7-3-1-5(8)10-6(3)4-2-9-4/h3-4,6-7H,1-2H2. The number of epoxide rings is 1. The molecular weight excluding hydrogens is 136 g/mol. The molecule has 2 rings (SSSR count). The number of rotatable bonds is 1. The largest absolute Gasteiger partial charge is 0.457 e. The summed E-state index contributed by atoms with van der Waals surface area (Å²) in [4.78, 5) is 10.6. The predicted molar refractivity (Wildman–Crippen MR) is 30.2 cm³/mol. The van der Waals surface area contributed by atoms with Crippen LogP contribution in [0.5, 0.6) is 0 Å². The van der Waals surface area contributed by atoms with Crippen molar-refractivity contribution in [3.63, 3.8) is 0 Å². The third-order valence-corrected chi connectivity index (χ3v) is 1.75. The van der Waals surface area contributed by atoms with Crippen LogP contribution in [0.2, 0.25) is 0 Å². The van der Waals surface area contributed by atoms with Gasteiger partial charge in [-0.1, -0.05) is 0 Å². The van der Waals surface area contributed by atoms with Crippen molar-refractivity contribution in [3.8, 4) is 0 Å². The molecule has 0 aromatic carbocycles. The van der Waals surface area contributed by atoms with E-state index in [1.807, 2.05) is 0 Å². The molecule has 2 aliphatic rings. The lowest BCUT2D eigenvalue weighted by molar-refractivity contribution is -0.142. The number of hydrogen-bond acceptors (Lipinski definition) is 4. The molecule has 0 aromatic heterocycles. The maximum atomic E-state index is 10.6. The molecule has 0 aliphatic carbocycles. The highest BCUT2D eigenvalue weighted by Gasteiger charge is 2.45. The molecule has 56 valence electrons. The fraction of sp³-hybridized carbons (Fsp3) is 0.833. The Morgan fingerprint density at radius 3 is 2.70 bits per heavy atom. The fourth-order valence-electron chi connectivity index (χ4n) is 1.13. The van der Waals surface area contributed by atoms with Gasteiger partial charge in [0.15, 0.2) is 6.10 Å². The van der Waals surface area contributed by atoms with Gasteiger partial charge in [-0.05, 0) is 0 Å². The minimum Gasteiger partial charge on any atom is -0.457 e. The van der Waals surface area contributed by atoms with Gasteiger partial charge in [-0.25, -0.2) is 0 Å². The van der Waals surface area contributed by atoms with Crippen LogP contribution < -0.4 is 0 Å². The molecule has 1 N–H and O–H groups in total. The molecule has 3 unspecified atom stereocenters. The monoisotopic (exact) mass is 144 g/mol. The Morgan fingerprint density at radius 1 is 1.60 bits per heavy atom. The average molecular weight is 144 g/mol. The molecule has 2 saturated heterocycles. The Kier molecular flexibility index (Phi) is 1.18. The van der Waals surface area contributed by atoms with Gasteiger partial charge in [-0.2, -0.15) is 0 Å². The van der Waals surface area contributed by atoms with Crippen LogP contribution in [0.25, 0.3) is 0 Å². The van der Waals surface area contributed by atoms with Gasteiger partial charge in [0.25, 0.3) is 0 Å². The molecule has 0 aromatic rings. The Morgan fingerprint density at radius 2 is 2.30 bits per heavy atom. The van der Waals surface area contributed by atoms with Gasteiger partial charge in [0.05, 0.1) is 13.0 Å². The van der Waals surface area contributed by atoms with Gasteiger partial charge in [0, 0.05) is 0 Å². The summed E-state index contributed by atoms with van der Waals surface area (Å²) >= 11 is 0. The number of carbonyl (C=O) groups is 1. The van der Waals surface area contributed by atoms with Gasteiger partial charge in [0.1, 0.15) is 12.2 Å². The number of esters is 1. The number of aliphatic hydroxyl groups excluding tert-OH is 1. The van der Waals surface area contributed by atoms with Crippen molar-refractivity contribution in [2.45, 2.75) is 24.7 Å². The number of ether oxygens (including phenoxy) is 2. The zero-order valence-corrected chi connectivity index (χ0v) is 5.32. The topological polar surface area (TPSA) is 59.1 Å². The van der Waals surface area contributed by atoms with E-state index >= 15 is 0 Å². The minimum atomic E-state index is -0.653. The lowest BCUT2D eigenvalue weighted by atomic mass is 10.1. The van der Waals surface area contributed by atoms with Crippen LogP contribution >= 0.6 is 0 Å². The summed E-state index contributed by atoms with van der Waals surface area (Å²) in [6.07, 6.45) is -0.973. The SMILES string of the molecule is O=C1CC(O)C(C2CO2)O1. The highest BCUT2D eigenvalue weighted by molar-refractivity contribution is 5.72. The van der Waals surface area contributed by atoms with Crippen LogP contribution in [0, 0.1) is 0 Å². The maximum Gasteiger partial charge on any atom is 0.309 e. The van der Waals surface area contributed by atoms with Crippen molar-refractivity contribution in [2.24, 2.45) is 0 Å². The molecule has 0 saturated carbocycles. The van der Waals surface area contributed by atoms with Crippen LogP contribution in [0.1, 0.15) is 6.42 Å². The van der Waals surface area contributed by atoms with Crippen LogP contribution in [-0.4, -0.2) is 36.0 Å². The molecule has 4 nitrogen and oxygen atoms in total. The number of aliphatic hydroxyl groups is 1. The maximum absolute atomic E-state index is 10.6. The summed E-state index contributed by atoms with van der Waals surface area (Å²) in [6.45, 7) is 0.606. The second kappa shape index (κ2) is 1.93. The first-order valence-corrected chi connectivity index (χ1v) is 3.26. The third-order valence-electron chi connectivity index (χ3n) is 1.75. The molecule has 2 fully saturated rings. The van der Waals surface area contributed by atoms with Crippen molar-refractivity contribution in [1.29, 1.82) is 0 Å². The third kappa shape index (κ3) is 0.892. The van der Waals surface area contributed by atoms with E-state index in [0.29, 0.717) is 6.61 Å². The van der Waals surface area contributed by atoms with E-state index < -0.39 is 12.2 Å². The Labute approximate surface area is 57.7 Å². The van der Waals surface area contributed by atoms with E-state index in [9.17, 15) is 4.79 Å². The molecule has 0 amide bonds.